The zero-order valence-electron chi connectivity index (χ0n) is 11.0. The van der Waals surface area contributed by atoms with Crippen molar-refractivity contribution in [1.82, 2.24) is 4.90 Å². The smallest absolute Gasteiger partial charge is 0.241 e. The molecule has 0 radical (unpaired) electrons. The Bertz CT molecular complexity index is 421. The van der Waals surface area contributed by atoms with Crippen LogP contribution >= 0.6 is 11.6 Å². The number of hydrogen-bond donors (Lipinski definition) is 1. The summed E-state index contributed by atoms with van der Waals surface area (Å²) in [5.74, 6) is 0.0146. The molecule has 100 valence electrons. The van der Waals surface area contributed by atoms with Gasteiger partial charge in [-0.15, -0.1) is 0 Å². The number of anilines is 1. The molecule has 0 heterocycles. The Hall–Kier alpha value is -1.26. The number of hydrogen-bond acceptors (Lipinski definition) is 3. The minimum absolute atomic E-state index is 0.0146. The number of likely N-dealkylation sites (N-methyl/N-ethyl adjacent to an activating group) is 2. The lowest BCUT2D eigenvalue weighted by atomic mass is 10.1. The van der Waals surface area contributed by atoms with Crippen LogP contribution in [-0.4, -0.2) is 43.1 Å². The largest absolute Gasteiger partial charge is 0.392 e. The maximum Gasteiger partial charge on any atom is 0.241 e. The van der Waals surface area contributed by atoms with Gasteiger partial charge in [-0.1, -0.05) is 17.7 Å². The second kappa shape index (κ2) is 6.61. The van der Waals surface area contributed by atoms with Gasteiger partial charge in [0, 0.05) is 36.9 Å². The standard InChI is InChI=1S/C13H19ClN2O2/c1-4-16(8-13(18)15(2)3)12-7-5-6-11(14)10(12)9-17/h5-7,17H,4,8-9H2,1-3H3. The third kappa shape index (κ3) is 3.37. The Kier molecular flexibility index (Phi) is 5.44. The third-order valence-electron chi connectivity index (χ3n) is 2.80. The molecule has 0 bridgehead atoms. The molecular formula is C13H19ClN2O2. The summed E-state index contributed by atoms with van der Waals surface area (Å²) >= 11 is 6.05. The van der Waals surface area contributed by atoms with Crippen molar-refractivity contribution < 1.29 is 9.90 Å². The molecule has 0 saturated heterocycles. The lowest BCUT2D eigenvalue weighted by Crippen LogP contribution is -2.37. The molecule has 1 aromatic rings. The summed E-state index contributed by atoms with van der Waals surface area (Å²) in [6, 6.07) is 5.42. The number of nitrogens with zero attached hydrogens (tertiary/aromatic N) is 2. The fraction of sp³-hybridized carbons (Fsp3) is 0.462. The normalized spacial score (nSPS) is 10.3. The Labute approximate surface area is 113 Å². The highest BCUT2D eigenvalue weighted by Gasteiger charge is 2.15. The van der Waals surface area contributed by atoms with E-state index in [1.165, 1.54) is 0 Å². The van der Waals surface area contributed by atoms with Gasteiger partial charge in [0.15, 0.2) is 0 Å². The number of carbonyl (C=O) groups excluding carboxylic acids is 1. The number of benzene rings is 1. The number of rotatable bonds is 5. The predicted molar refractivity (Wildman–Crippen MR) is 74.0 cm³/mol. The molecule has 1 rings (SSSR count). The molecule has 0 spiro atoms. The molecule has 1 aromatic carbocycles. The van der Waals surface area contributed by atoms with Crippen LogP contribution in [0, 0.1) is 0 Å². The molecule has 0 aliphatic carbocycles. The van der Waals surface area contributed by atoms with E-state index in [0.29, 0.717) is 17.1 Å². The molecule has 0 aliphatic heterocycles. The van der Waals surface area contributed by atoms with Crippen LogP contribution < -0.4 is 4.90 Å². The average Bonchev–Trinajstić information content (AvgIpc) is 2.35. The highest BCUT2D eigenvalue weighted by molar-refractivity contribution is 6.31. The Balaban J connectivity index is 3.02. The minimum atomic E-state index is -0.137. The van der Waals surface area contributed by atoms with Crippen LogP contribution in [-0.2, 0) is 11.4 Å². The van der Waals surface area contributed by atoms with Gasteiger partial charge in [0.1, 0.15) is 0 Å². The highest BCUT2D eigenvalue weighted by Crippen LogP contribution is 2.27. The first-order chi connectivity index (χ1) is 8.51. The zero-order chi connectivity index (χ0) is 13.7. The molecule has 0 aliphatic rings. The number of carbonyl (C=O) groups is 1. The molecule has 0 saturated carbocycles. The summed E-state index contributed by atoms with van der Waals surface area (Å²) in [6.45, 7) is 2.77. The van der Waals surface area contributed by atoms with Crippen molar-refractivity contribution in [2.24, 2.45) is 0 Å². The van der Waals surface area contributed by atoms with E-state index in [4.69, 9.17) is 11.6 Å². The van der Waals surface area contributed by atoms with Gasteiger partial charge in [0.25, 0.3) is 0 Å². The number of aliphatic hydroxyl groups excluding tert-OH is 1. The first-order valence-electron chi connectivity index (χ1n) is 5.84. The summed E-state index contributed by atoms with van der Waals surface area (Å²) in [7, 11) is 3.45. The topological polar surface area (TPSA) is 43.8 Å². The zero-order valence-corrected chi connectivity index (χ0v) is 11.7. The van der Waals surface area contributed by atoms with E-state index in [1.807, 2.05) is 24.0 Å². The first-order valence-corrected chi connectivity index (χ1v) is 6.22. The lowest BCUT2D eigenvalue weighted by Gasteiger charge is -2.26. The van der Waals surface area contributed by atoms with Gasteiger partial charge >= 0.3 is 0 Å². The monoisotopic (exact) mass is 270 g/mol. The summed E-state index contributed by atoms with van der Waals surface area (Å²) in [5, 5.41) is 9.90. The van der Waals surface area contributed by atoms with E-state index in [9.17, 15) is 9.90 Å². The first kappa shape index (κ1) is 14.8. The van der Waals surface area contributed by atoms with E-state index in [0.717, 1.165) is 5.69 Å². The number of amides is 1. The van der Waals surface area contributed by atoms with Crippen molar-refractivity contribution in [3.05, 3.63) is 28.8 Å². The van der Waals surface area contributed by atoms with E-state index >= 15 is 0 Å². The quantitative estimate of drug-likeness (QED) is 0.887. The van der Waals surface area contributed by atoms with E-state index in [1.54, 1.807) is 25.1 Å². The van der Waals surface area contributed by atoms with Crippen molar-refractivity contribution in [3.8, 4) is 0 Å². The fourth-order valence-electron chi connectivity index (χ4n) is 1.67. The van der Waals surface area contributed by atoms with Gasteiger partial charge in [0.2, 0.25) is 5.91 Å². The van der Waals surface area contributed by atoms with Crippen LogP contribution in [0.1, 0.15) is 12.5 Å². The molecule has 0 aromatic heterocycles. The van der Waals surface area contributed by atoms with Crippen molar-refractivity contribution in [2.75, 3.05) is 32.1 Å². The second-order valence-electron chi connectivity index (χ2n) is 4.20. The summed E-state index contributed by atoms with van der Waals surface area (Å²) in [5.41, 5.74) is 1.47. The van der Waals surface area contributed by atoms with Crippen molar-refractivity contribution in [1.29, 1.82) is 0 Å². The van der Waals surface area contributed by atoms with Crippen molar-refractivity contribution >= 4 is 23.2 Å². The van der Waals surface area contributed by atoms with Crippen LogP contribution in [0.2, 0.25) is 5.02 Å². The number of aliphatic hydroxyl groups is 1. The van der Waals surface area contributed by atoms with Gasteiger partial charge in [0.05, 0.1) is 13.2 Å². The van der Waals surface area contributed by atoms with Gasteiger partial charge in [-0.05, 0) is 19.1 Å². The van der Waals surface area contributed by atoms with Crippen molar-refractivity contribution in [2.45, 2.75) is 13.5 Å². The van der Waals surface area contributed by atoms with Gasteiger partial charge < -0.3 is 14.9 Å². The predicted octanol–water partition coefficient (Wildman–Crippen LogP) is 1.75. The summed E-state index contributed by atoms with van der Waals surface area (Å²) in [6.07, 6.45) is 0. The molecule has 18 heavy (non-hydrogen) atoms. The maximum absolute atomic E-state index is 11.8. The molecule has 5 heteroatoms. The van der Waals surface area contributed by atoms with E-state index in [-0.39, 0.29) is 19.1 Å². The molecule has 0 fully saturated rings. The Morgan fingerprint density at radius 3 is 2.56 bits per heavy atom. The molecule has 0 unspecified atom stereocenters. The lowest BCUT2D eigenvalue weighted by molar-refractivity contribution is -0.127. The van der Waals surface area contributed by atoms with Crippen LogP contribution in [0.4, 0.5) is 5.69 Å². The maximum atomic E-state index is 11.8. The molecule has 4 nitrogen and oxygen atoms in total. The molecular weight excluding hydrogens is 252 g/mol. The van der Waals surface area contributed by atoms with Gasteiger partial charge in [-0.3, -0.25) is 4.79 Å². The van der Waals surface area contributed by atoms with Crippen LogP contribution in [0.15, 0.2) is 18.2 Å². The number of halogens is 1. The SMILES string of the molecule is CCN(CC(=O)N(C)C)c1cccc(Cl)c1CO. The summed E-state index contributed by atoms with van der Waals surface area (Å²) < 4.78 is 0. The van der Waals surface area contributed by atoms with Gasteiger partial charge in [-0.2, -0.15) is 0 Å². The fourth-order valence-corrected chi connectivity index (χ4v) is 1.90. The van der Waals surface area contributed by atoms with Crippen LogP contribution in [0.3, 0.4) is 0 Å². The Morgan fingerprint density at radius 1 is 1.39 bits per heavy atom. The van der Waals surface area contributed by atoms with E-state index < -0.39 is 0 Å². The molecule has 1 N–H and O–H groups in total. The summed E-state index contributed by atoms with van der Waals surface area (Å²) in [4.78, 5) is 15.2. The minimum Gasteiger partial charge on any atom is -0.392 e. The average molecular weight is 271 g/mol. The Morgan fingerprint density at radius 2 is 2.06 bits per heavy atom. The second-order valence-corrected chi connectivity index (χ2v) is 4.61. The van der Waals surface area contributed by atoms with Gasteiger partial charge in [-0.25, -0.2) is 0 Å². The highest BCUT2D eigenvalue weighted by atomic mass is 35.5. The van der Waals surface area contributed by atoms with Crippen LogP contribution in [0.25, 0.3) is 0 Å². The van der Waals surface area contributed by atoms with Crippen LogP contribution in [0.5, 0.6) is 0 Å². The van der Waals surface area contributed by atoms with Crippen molar-refractivity contribution in [3.63, 3.8) is 0 Å². The molecule has 0 atom stereocenters. The van der Waals surface area contributed by atoms with E-state index in [2.05, 4.69) is 0 Å². The third-order valence-corrected chi connectivity index (χ3v) is 3.15. The molecule has 1 amide bonds.